The number of aliphatic hydroxyl groups is 2. The van der Waals surface area contributed by atoms with E-state index in [0.29, 0.717) is 11.6 Å². The van der Waals surface area contributed by atoms with E-state index in [9.17, 15) is 27.9 Å². The van der Waals surface area contributed by atoms with Crippen molar-refractivity contribution in [2.75, 3.05) is 31.6 Å². The lowest BCUT2D eigenvalue weighted by Gasteiger charge is -2.38. The van der Waals surface area contributed by atoms with Crippen molar-refractivity contribution < 1.29 is 37.8 Å². The minimum atomic E-state index is -1.73. The van der Waals surface area contributed by atoms with Crippen LogP contribution >= 0.6 is 0 Å². The van der Waals surface area contributed by atoms with E-state index in [4.69, 9.17) is 9.94 Å². The molecule has 4 N–H and O–H groups in total. The number of halogens is 3. The topological polar surface area (TPSA) is 124 Å². The number of pyridine rings is 1. The molecule has 1 unspecified atom stereocenters. The van der Waals surface area contributed by atoms with E-state index in [1.165, 1.54) is 11.1 Å². The van der Waals surface area contributed by atoms with E-state index in [-0.39, 0.29) is 25.5 Å². The summed E-state index contributed by atoms with van der Waals surface area (Å²) >= 11 is 0. The van der Waals surface area contributed by atoms with E-state index in [1.807, 2.05) is 13.8 Å². The molecule has 2 heterocycles. The fourth-order valence-corrected chi connectivity index (χ4v) is 3.18. The van der Waals surface area contributed by atoms with Crippen LogP contribution in [0.1, 0.15) is 35.3 Å². The molecule has 1 aliphatic heterocycles. The molecule has 12 heteroatoms. The first-order chi connectivity index (χ1) is 16.6. The maximum atomic E-state index is 14.6. The molecule has 0 aliphatic carbocycles. The Balaban J connectivity index is 0.00000210. The predicted molar refractivity (Wildman–Crippen MR) is 121 cm³/mol. The average molecular weight is 499 g/mol. The average Bonchev–Trinajstić information content (AvgIpc) is 2.80. The van der Waals surface area contributed by atoms with E-state index < -0.39 is 59.1 Å². The van der Waals surface area contributed by atoms with Crippen molar-refractivity contribution in [1.82, 2.24) is 15.4 Å². The monoisotopic (exact) mass is 498 g/mol. The fraction of sp³-hybridized carbons (Fsp3) is 0.435. The van der Waals surface area contributed by atoms with Crippen molar-refractivity contribution in [1.29, 1.82) is 0 Å². The lowest BCUT2D eigenvalue weighted by atomic mass is 9.97. The summed E-state index contributed by atoms with van der Waals surface area (Å²) in [5.74, 6) is -6.69. The third-order valence-electron chi connectivity index (χ3n) is 5.05. The molecule has 1 aliphatic rings. The number of aryl methyl sites for hydroxylation is 2. The van der Waals surface area contributed by atoms with E-state index in [1.54, 1.807) is 19.9 Å². The maximum Gasteiger partial charge on any atom is 0.256 e. The summed E-state index contributed by atoms with van der Waals surface area (Å²) in [6.45, 7) is 6.47. The van der Waals surface area contributed by atoms with Crippen LogP contribution in [0.5, 0.6) is 0 Å². The van der Waals surface area contributed by atoms with Gasteiger partial charge in [0.1, 0.15) is 18.5 Å². The van der Waals surface area contributed by atoms with Crippen LogP contribution in [-0.2, 0) is 9.63 Å². The maximum absolute atomic E-state index is 14.6. The predicted octanol–water partition coefficient (Wildman–Crippen LogP) is 2.36. The highest BCUT2D eigenvalue weighted by molar-refractivity contribution is 6.01. The van der Waals surface area contributed by atoms with Crippen molar-refractivity contribution in [3.63, 3.8) is 0 Å². The summed E-state index contributed by atoms with van der Waals surface area (Å²) in [4.78, 5) is 34.9. The van der Waals surface area contributed by atoms with Gasteiger partial charge in [-0.25, -0.2) is 23.6 Å². The highest BCUT2D eigenvalue weighted by Gasteiger charge is 2.38. The van der Waals surface area contributed by atoms with Crippen LogP contribution < -0.4 is 10.8 Å². The molecule has 0 radical (unpaired) electrons. The fourth-order valence-electron chi connectivity index (χ4n) is 3.18. The van der Waals surface area contributed by atoms with E-state index >= 15 is 0 Å². The molecule has 35 heavy (non-hydrogen) atoms. The standard InChI is InChI=1S/C21H23F3N4O5.C2H6/c1-10-3-11(2)19(25-5-10)26-18-14(4-15(22)16(23)17(18)24)21(32)28-6-12(7-28)20(31)27-33-9-13(30)8-29;1-2/h3-5,12-13,29-30H,6-9H2,1-2H3,(H,25,26)(H,27,31);1-2H3. The number of anilines is 2. The molecule has 1 fully saturated rings. The summed E-state index contributed by atoms with van der Waals surface area (Å²) in [7, 11) is 0. The van der Waals surface area contributed by atoms with Gasteiger partial charge in [0, 0.05) is 19.3 Å². The molecule has 3 rings (SSSR count). The van der Waals surface area contributed by atoms with Gasteiger partial charge in [0.2, 0.25) is 5.91 Å². The lowest BCUT2D eigenvalue weighted by Crippen LogP contribution is -2.56. The van der Waals surface area contributed by atoms with Gasteiger partial charge < -0.3 is 20.4 Å². The van der Waals surface area contributed by atoms with Gasteiger partial charge in [0.05, 0.1) is 23.8 Å². The number of hydrogen-bond donors (Lipinski definition) is 4. The van der Waals surface area contributed by atoms with Crippen LogP contribution in [0.15, 0.2) is 18.3 Å². The Hall–Kier alpha value is -3.22. The van der Waals surface area contributed by atoms with Gasteiger partial charge >= 0.3 is 0 Å². The van der Waals surface area contributed by atoms with E-state index in [2.05, 4.69) is 15.8 Å². The summed E-state index contributed by atoms with van der Waals surface area (Å²) in [5, 5.41) is 20.4. The SMILES string of the molecule is CC.Cc1cnc(Nc2c(C(=O)N3CC(C(=O)NOCC(O)CO)C3)cc(F)c(F)c2F)c(C)c1. The summed E-state index contributed by atoms with van der Waals surface area (Å²) in [5.41, 5.74) is 2.51. The van der Waals surface area contributed by atoms with Crippen LogP contribution in [0.2, 0.25) is 0 Å². The summed E-state index contributed by atoms with van der Waals surface area (Å²) < 4.78 is 42.5. The Kier molecular flexibility index (Phi) is 9.99. The van der Waals surface area contributed by atoms with Crippen LogP contribution in [0.3, 0.4) is 0 Å². The number of rotatable bonds is 8. The number of benzene rings is 1. The number of amides is 2. The van der Waals surface area contributed by atoms with Crippen LogP contribution in [0.25, 0.3) is 0 Å². The molecule has 0 spiro atoms. The largest absolute Gasteiger partial charge is 0.394 e. The number of hydrogen-bond acceptors (Lipinski definition) is 7. The number of aromatic nitrogens is 1. The highest BCUT2D eigenvalue weighted by Crippen LogP contribution is 2.31. The molecule has 1 aromatic heterocycles. The first kappa shape index (κ1) is 28.0. The van der Waals surface area contributed by atoms with Gasteiger partial charge in [-0.15, -0.1) is 0 Å². The van der Waals surface area contributed by atoms with Gasteiger partial charge in [-0.05, 0) is 31.0 Å². The van der Waals surface area contributed by atoms with Gasteiger partial charge in [-0.1, -0.05) is 19.9 Å². The summed E-state index contributed by atoms with van der Waals surface area (Å²) in [6.07, 6.45) is 0.333. The second kappa shape index (κ2) is 12.5. The summed E-state index contributed by atoms with van der Waals surface area (Å²) in [6, 6.07) is 2.34. The second-order valence-corrected chi connectivity index (χ2v) is 7.73. The smallest absolute Gasteiger partial charge is 0.256 e. The van der Waals surface area contributed by atoms with Crippen molar-refractivity contribution >= 4 is 23.3 Å². The van der Waals surface area contributed by atoms with Gasteiger partial charge in [0.25, 0.3) is 5.91 Å². The van der Waals surface area contributed by atoms with Gasteiger partial charge in [-0.2, -0.15) is 0 Å². The van der Waals surface area contributed by atoms with Crippen LogP contribution in [-0.4, -0.2) is 64.3 Å². The molecule has 9 nitrogen and oxygen atoms in total. The number of nitrogens with one attached hydrogen (secondary N) is 2. The third kappa shape index (κ3) is 6.68. The lowest BCUT2D eigenvalue weighted by molar-refractivity contribution is -0.145. The van der Waals surface area contributed by atoms with Crippen LogP contribution in [0.4, 0.5) is 24.7 Å². The van der Waals surface area contributed by atoms with Crippen LogP contribution in [0, 0.1) is 37.2 Å². The number of carbonyl (C=O) groups excluding carboxylic acids is 2. The first-order valence-electron chi connectivity index (χ1n) is 11.0. The number of nitrogens with zero attached hydrogens (tertiary/aromatic N) is 2. The van der Waals surface area contributed by atoms with Crippen molar-refractivity contribution in [2.24, 2.45) is 5.92 Å². The Morgan fingerprint density at radius 2 is 1.86 bits per heavy atom. The molecule has 2 aromatic rings. The molecular weight excluding hydrogens is 469 g/mol. The molecule has 1 aromatic carbocycles. The zero-order chi connectivity index (χ0) is 26.3. The Morgan fingerprint density at radius 3 is 2.46 bits per heavy atom. The zero-order valence-electron chi connectivity index (χ0n) is 19.9. The van der Waals surface area contributed by atoms with Gasteiger partial charge in [-0.3, -0.25) is 14.4 Å². The Morgan fingerprint density at radius 1 is 1.20 bits per heavy atom. The normalized spacial score (nSPS) is 13.9. The van der Waals surface area contributed by atoms with Gasteiger partial charge in [0.15, 0.2) is 17.5 Å². The number of aliphatic hydroxyl groups excluding tert-OH is 2. The van der Waals surface area contributed by atoms with Crippen molar-refractivity contribution in [3.8, 4) is 0 Å². The van der Waals surface area contributed by atoms with E-state index in [0.717, 1.165) is 5.56 Å². The Bertz CT molecular complexity index is 1060. The number of carbonyl (C=O) groups is 2. The quantitative estimate of drug-likeness (QED) is 0.325. The first-order valence-corrected chi connectivity index (χ1v) is 11.0. The molecule has 0 saturated carbocycles. The molecule has 2 amide bonds. The molecular formula is C23H29F3N4O5. The second-order valence-electron chi connectivity index (χ2n) is 7.73. The minimum absolute atomic E-state index is 0.0710. The molecule has 1 saturated heterocycles. The Labute approximate surface area is 200 Å². The number of likely N-dealkylation sites (tertiary alicyclic amines) is 1. The van der Waals surface area contributed by atoms with Crippen molar-refractivity contribution in [3.05, 3.63) is 52.5 Å². The molecule has 0 bridgehead atoms. The third-order valence-corrected chi connectivity index (χ3v) is 5.05. The minimum Gasteiger partial charge on any atom is -0.394 e. The van der Waals surface area contributed by atoms with Crippen molar-refractivity contribution in [2.45, 2.75) is 33.8 Å². The molecule has 192 valence electrons. The highest BCUT2D eigenvalue weighted by atomic mass is 19.2. The molecule has 1 atom stereocenters. The zero-order valence-corrected chi connectivity index (χ0v) is 19.9. The number of hydroxylamine groups is 1.